The highest BCUT2D eigenvalue weighted by atomic mass is 16.6. The first-order valence-electron chi connectivity index (χ1n) is 7.60. The van der Waals surface area contributed by atoms with E-state index in [4.69, 9.17) is 9.47 Å². The van der Waals surface area contributed by atoms with E-state index in [0.717, 1.165) is 38.2 Å². The molecule has 3 rings (SSSR count). The first-order chi connectivity index (χ1) is 9.70. The minimum Gasteiger partial charge on any atom is -0.426 e. The molecule has 2 fully saturated rings. The van der Waals surface area contributed by atoms with Crippen molar-refractivity contribution in [1.29, 1.82) is 0 Å². The Bertz CT molecular complexity index is 454. The molecule has 108 valence electrons. The highest BCUT2D eigenvalue weighted by Gasteiger charge is 2.32. The van der Waals surface area contributed by atoms with Crippen molar-refractivity contribution in [3.8, 4) is 5.75 Å². The van der Waals surface area contributed by atoms with Crippen molar-refractivity contribution in [3.05, 3.63) is 29.8 Å². The lowest BCUT2D eigenvalue weighted by Gasteiger charge is -2.26. The maximum atomic E-state index is 12.1. The molecule has 1 aromatic carbocycles. The predicted octanol–water partition coefficient (Wildman–Crippen LogP) is 3.50. The monoisotopic (exact) mass is 274 g/mol. The predicted molar refractivity (Wildman–Crippen MR) is 76.6 cm³/mol. The number of esters is 1. The van der Waals surface area contributed by atoms with Crippen molar-refractivity contribution in [2.24, 2.45) is 11.8 Å². The molecule has 20 heavy (non-hydrogen) atoms. The molecule has 1 aliphatic carbocycles. The Labute approximate surface area is 120 Å². The minimum atomic E-state index is -0.0602. The third kappa shape index (κ3) is 3.60. The topological polar surface area (TPSA) is 38.8 Å². The van der Waals surface area contributed by atoms with Crippen LogP contribution in [0.25, 0.3) is 0 Å². The molecule has 0 radical (unpaired) electrons. The second kappa shape index (κ2) is 5.96. The average Bonchev–Trinajstić information content (AvgIpc) is 3.26. The van der Waals surface area contributed by atoms with E-state index >= 15 is 0 Å². The summed E-state index contributed by atoms with van der Waals surface area (Å²) in [6, 6.07) is 7.66. The van der Waals surface area contributed by atoms with Gasteiger partial charge in [0.1, 0.15) is 5.75 Å². The van der Waals surface area contributed by atoms with Gasteiger partial charge < -0.3 is 9.47 Å². The summed E-state index contributed by atoms with van der Waals surface area (Å²) < 4.78 is 10.8. The van der Waals surface area contributed by atoms with Gasteiger partial charge in [0, 0.05) is 0 Å². The fourth-order valence-corrected chi connectivity index (χ4v) is 3.02. The van der Waals surface area contributed by atoms with E-state index in [2.05, 4.69) is 0 Å². The molecule has 0 N–H and O–H groups in total. The van der Waals surface area contributed by atoms with Crippen LogP contribution in [0.2, 0.25) is 0 Å². The molecule has 1 saturated heterocycles. The van der Waals surface area contributed by atoms with Crippen LogP contribution >= 0.6 is 0 Å². The molecular formula is C17H22O3. The third-order valence-corrected chi connectivity index (χ3v) is 4.42. The van der Waals surface area contributed by atoms with Gasteiger partial charge in [0.2, 0.25) is 0 Å². The summed E-state index contributed by atoms with van der Waals surface area (Å²) in [6.45, 7) is 2.96. The van der Waals surface area contributed by atoms with E-state index in [1.54, 1.807) is 0 Å². The van der Waals surface area contributed by atoms with E-state index < -0.39 is 0 Å². The van der Waals surface area contributed by atoms with Gasteiger partial charge in [-0.1, -0.05) is 17.7 Å². The maximum Gasteiger partial charge on any atom is 0.314 e. The van der Waals surface area contributed by atoms with Gasteiger partial charge >= 0.3 is 5.97 Å². The molecule has 3 nitrogen and oxygen atoms in total. The molecule has 1 heterocycles. The number of benzene rings is 1. The number of carbonyl (C=O) groups is 1. The maximum absolute atomic E-state index is 12.1. The van der Waals surface area contributed by atoms with Gasteiger partial charge in [-0.15, -0.1) is 0 Å². The van der Waals surface area contributed by atoms with Gasteiger partial charge in [0.25, 0.3) is 0 Å². The average molecular weight is 274 g/mol. The van der Waals surface area contributed by atoms with Crippen molar-refractivity contribution in [2.75, 3.05) is 6.61 Å². The second-order valence-electron chi connectivity index (χ2n) is 6.14. The van der Waals surface area contributed by atoms with E-state index in [1.165, 1.54) is 12.0 Å². The molecule has 1 unspecified atom stereocenters. The van der Waals surface area contributed by atoms with Crippen LogP contribution in [0.1, 0.15) is 37.7 Å². The van der Waals surface area contributed by atoms with Gasteiger partial charge in [0.05, 0.1) is 18.6 Å². The SMILES string of the molecule is Cc1ccc(OC(=O)C2CCC(CC3CO3)CC2)cc1. The van der Waals surface area contributed by atoms with Gasteiger partial charge in [-0.25, -0.2) is 0 Å². The van der Waals surface area contributed by atoms with E-state index in [-0.39, 0.29) is 11.9 Å². The van der Waals surface area contributed by atoms with Crippen molar-refractivity contribution >= 4 is 5.97 Å². The standard InChI is InChI=1S/C17H22O3/c1-12-2-8-15(9-3-12)20-17(18)14-6-4-13(5-7-14)10-16-11-19-16/h2-3,8-9,13-14,16H,4-7,10-11H2,1H3. The fourth-order valence-electron chi connectivity index (χ4n) is 3.02. The summed E-state index contributed by atoms with van der Waals surface area (Å²) in [4.78, 5) is 12.1. The number of hydrogen-bond acceptors (Lipinski definition) is 3. The Morgan fingerprint density at radius 1 is 1.20 bits per heavy atom. The Morgan fingerprint density at radius 3 is 2.45 bits per heavy atom. The van der Waals surface area contributed by atoms with Crippen molar-refractivity contribution in [1.82, 2.24) is 0 Å². The second-order valence-corrected chi connectivity index (χ2v) is 6.14. The first kappa shape index (κ1) is 13.6. The highest BCUT2D eigenvalue weighted by Crippen LogP contribution is 2.34. The van der Waals surface area contributed by atoms with Crippen LogP contribution in [0.4, 0.5) is 0 Å². The fraction of sp³-hybridized carbons (Fsp3) is 0.588. The molecule has 0 spiro atoms. The van der Waals surface area contributed by atoms with Crippen molar-refractivity contribution < 1.29 is 14.3 Å². The normalized spacial score (nSPS) is 28.9. The summed E-state index contributed by atoms with van der Waals surface area (Å²) in [5.41, 5.74) is 1.17. The lowest BCUT2D eigenvalue weighted by Crippen LogP contribution is -2.26. The van der Waals surface area contributed by atoms with E-state index in [1.807, 2.05) is 31.2 Å². The Balaban J connectivity index is 1.47. The zero-order valence-corrected chi connectivity index (χ0v) is 12.0. The van der Waals surface area contributed by atoms with Gasteiger partial charge in [0.15, 0.2) is 0 Å². The molecule has 0 amide bonds. The molecule has 2 aliphatic rings. The largest absolute Gasteiger partial charge is 0.426 e. The summed E-state index contributed by atoms with van der Waals surface area (Å²) >= 11 is 0. The lowest BCUT2D eigenvalue weighted by atomic mass is 9.80. The number of rotatable bonds is 4. The molecule has 3 heteroatoms. The first-order valence-corrected chi connectivity index (χ1v) is 7.60. The number of carbonyl (C=O) groups excluding carboxylic acids is 1. The third-order valence-electron chi connectivity index (χ3n) is 4.42. The van der Waals surface area contributed by atoms with Crippen molar-refractivity contribution in [3.63, 3.8) is 0 Å². The Morgan fingerprint density at radius 2 is 1.85 bits per heavy atom. The van der Waals surface area contributed by atoms with Crippen LogP contribution < -0.4 is 4.74 Å². The number of ether oxygens (including phenoxy) is 2. The Hall–Kier alpha value is -1.35. The Kier molecular flexibility index (Phi) is 4.06. The lowest BCUT2D eigenvalue weighted by molar-refractivity contribution is -0.140. The molecular weight excluding hydrogens is 252 g/mol. The quantitative estimate of drug-likeness (QED) is 0.479. The highest BCUT2D eigenvalue weighted by molar-refractivity contribution is 5.75. The minimum absolute atomic E-state index is 0.0602. The van der Waals surface area contributed by atoms with E-state index in [0.29, 0.717) is 11.9 Å². The molecule has 1 saturated carbocycles. The summed E-state index contributed by atoms with van der Waals surface area (Å²) in [5.74, 6) is 1.42. The molecule has 1 aromatic rings. The molecule has 0 bridgehead atoms. The van der Waals surface area contributed by atoms with Crippen LogP contribution in [0, 0.1) is 18.8 Å². The zero-order chi connectivity index (χ0) is 13.9. The molecule has 0 aromatic heterocycles. The van der Waals surface area contributed by atoms with Crippen molar-refractivity contribution in [2.45, 2.75) is 45.1 Å². The zero-order valence-electron chi connectivity index (χ0n) is 12.0. The van der Waals surface area contributed by atoms with Crippen LogP contribution in [0.5, 0.6) is 5.75 Å². The van der Waals surface area contributed by atoms with Gasteiger partial charge in [-0.05, 0) is 57.1 Å². The van der Waals surface area contributed by atoms with Crippen LogP contribution in [0.15, 0.2) is 24.3 Å². The molecule has 1 aliphatic heterocycles. The summed E-state index contributed by atoms with van der Waals surface area (Å²) in [6.07, 6.45) is 5.88. The van der Waals surface area contributed by atoms with Gasteiger partial charge in [-0.3, -0.25) is 4.79 Å². The number of hydrogen-bond donors (Lipinski definition) is 0. The van der Waals surface area contributed by atoms with Crippen LogP contribution in [-0.4, -0.2) is 18.7 Å². The van der Waals surface area contributed by atoms with Gasteiger partial charge in [-0.2, -0.15) is 0 Å². The summed E-state index contributed by atoms with van der Waals surface area (Å²) in [7, 11) is 0. The smallest absolute Gasteiger partial charge is 0.314 e. The number of epoxide rings is 1. The van der Waals surface area contributed by atoms with Crippen LogP contribution in [0.3, 0.4) is 0 Å². The van der Waals surface area contributed by atoms with Crippen LogP contribution in [-0.2, 0) is 9.53 Å². The van der Waals surface area contributed by atoms with E-state index in [9.17, 15) is 4.79 Å². The number of aryl methyl sites for hydroxylation is 1. The summed E-state index contributed by atoms with van der Waals surface area (Å²) in [5, 5.41) is 0. The molecule has 1 atom stereocenters.